The first-order valence-electron chi connectivity index (χ1n) is 6.75. The van der Waals surface area contributed by atoms with Crippen molar-refractivity contribution in [3.8, 4) is 0 Å². The molecule has 0 N–H and O–H groups in total. The van der Waals surface area contributed by atoms with E-state index in [0.717, 1.165) is 4.31 Å². The molecule has 0 radical (unpaired) electrons. The summed E-state index contributed by atoms with van der Waals surface area (Å²) >= 11 is 0. The number of ether oxygens (including phenoxy) is 1. The van der Waals surface area contributed by atoms with E-state index < -0.39 is 39.9 Å². The standard InChI is InChI=1S/C12H21F3N2O4S/c1-8(2)21-11(18)7-17-5-9(12(13,14)15)10(6-17)22(19,20)16(3)4/h8-10H,5-7H2,1-4H3/t9-,10-/m1/s1. The molecule has 1 fully saturated rings. The van der Waals surface area contributed by atoms with Crippen LogP contribution in [0.15, 0.2) is 0 Å². The maximum absolute atomic E-state index is 13.1. The van der Waals surface area contributed by atoms with Crippen molar-refractivity contribution in [3.05, 3.63) is 0 Å². The van der Waals surface area contributed by atoms with Crippen LogP contribution in [-0.4, -0.2) is 74.9 Å². The lowest BCUT2D eigenvalue weighted by Crippen LogP contribution is -2.43. The van der Waals surface area contributed by atoms with Gasteiger partial charge in [0.2, 0.25) is 10.0 Å². The molecule has 0 amide bonds. The number of halogens is 3. The zero-order chi connectivity index (χ0) is 17.3. The predicted octanol–water partition coefficient (Wildman–Crippen LogP) is 0.692. The number of esters is 1. The van der Waals surface area contributed by atoms with E-state index in [1.165, 1.54) is 19.0 Å². The van der Waals surface area contributed by atoms with Gasteiger partial charge in [0.25, 0.3) is 0 Å². The predicted molar refractivity (Wildman–Crippen MR) is 73.6 cm³/mol. The normalized spacial score (nSPS) is 24.2. The molecule has 0 aromatic heterocycles. The summed E-state index contributed by atoms with van der Waals surface area (Å²) < 4.78 is 69.1. The van der Waals surface area contributed by atoms with Crippen LogP contribution in [0.3, 0.4) is 0 Å². The summed E-state index contributed by atoms with van der Waals surface area (Å²) in [6.07, 6.45) is -5.03. The maximum Gasteiger partial charge on any atom is 0.394 e. The van der Waals surface area contributed by atoms with Gasteiger partial charge in [0.1, 0.15) is 5.25 Å². The van der Waals surface area contributed by atoms with E-state index in [1.807, 2.05) is 0 Å². The molecule has 0 aliphatic carbocycles. The van der Waals surface area contributed by atoms with Gasteiger partial charge in [-0.15, -0.1) is 0 Å². The summed E-state index contributed by atoms with van der Waals surface area (Å²) in [5.74, 6) is -2.69. The maximum atomic E-state index is 13.1. The average Bonchev–Trinajstić information content (AvgIpc) is 2.71. The molecule has 1 aliphatic rings. The smallest absolute Gasteiger partial charge is 0.394 e. The SMILES string of the molecule is CC(C)OC(=O)CN1C[C@@H](C(F)(F)F)[C@H](S(=O)(=O)N(C)C)C1. The van der Waals surface area contributed by atoms with Gasteiger partial charge in [-0.25, -0.2) is 12.7 Å². The molecule has 22 heavy (non-hydrogen) atoms. The largest absolute Gasteiger partial charge is 0.462 e. The van der Waals surface area contributed by atoms with Crippen LogP contribution in [-0.2, 0) is 19.6 Å². The topological polar surface area (TPSA) is 66.9 Å². The van der Waals surface area contributed by atoms with E-state index in [0.29, 0.717) is 0 Å². The van der Waals surface area contributed by atoms with Gasteiger partial charge in [0, 0.05) is 27.2 Å². The summed E-state index contributed by atoms with van der Waals surface area (Å²) in [4.78, 5) is 12.7. The van der Waals surface area contributed by atoms with Crippen molar-refractivity contribution < 1.29 is 31.1 Å². The second-order valence-corrected chi connectivity index (χ2v) is 8.11. The molecular formula is C12H21F3N2O4S. The molecule has 0 saturated carbocycles. The third-order valence-electron chi connectivity index (χ3n) is 3.37. The summed E-state index contributed by atoms with van der Waals surface area (Å²) in [5, 5.41) is -1.62. The molecule has 1 rings (SSSR count). The van der Waals surface area contributed by atoms with Crippen LogP contribution in [0.2, 0.25) is 0 Å². The van der Waals surface area contributed by atoms with Crippen molar-refractivity contribution in [1.29, 1.82) is 0 Å². The summed E-state index contributed by atoms with van der Waals surface area (Å²) in [5.41, 5.74) is 0. The van der Waals surface area contributed by atoms with Crippen molar-refractivity contribution >= 4 is 16.0 Å². The first-order valence-corrected chi connectivity index (χ1v) is 8.26. The van der Waals surface area contributed by atoms with E-state index in [9.17, 15) is 26.4 Å². The van der Waals surface area contributed by atoms with Crippen LogP contribution in [0.5, 0.6) is 0 Å². The van der Waals surface area contributed by atoms with E-state index in [2.05, 4.69) is 0 Å². The van der Waals surface area contributed by atoms with Gasteiger partial charge in [-0.05, 0) is 13.8 Å². The number of hydrogen-bond acceptors (Lipinski definition) is 5. The van der Waals surface area contributed by atoms with Crippen molar-refractivity contribution in [2.45, 2.75) is 31.4 Å². The average molecular weight is 346 g/mol. The van der Waals surface area contributed by atoms with Crippen molar-refractivity contribution in [3.63, 3.8) is 0 Å². The van der Waals surface area contributed by atoms with Crippen LogP contribution in [0, 0.1) is 5.92 Å². The lowest BCUT2D eigenvalue weighted by atomic mass is 10.1. The Morgan fingerprint density at radius 3 is 2.27 bits per heavy atom. The number of nitrogens with zero attached hydrogens (tertiary/aromatic N) is 2. The zero-order valence-corrected chi connectivity index (χ0v) is 13.7. The lowest BCUT2D eigenvalue weighted by Gasteiger charge is -2.24. The Balaban J connectivity index is 2.91. The van der Waals surface area contributed by atoms with E-state index in [-0.39, 0.29) is 19.2 Å². The van der Waals surface area contributed by atoms with E-state index in [1.54, 1.807) is 13.8 Å². The second kappa shape index (κ2) is 6.71. The van der Waals surface area contributed by atoms with Crippen LogP contribution >= 0.6 is 0 Å². The minimum absolute atomic E-state index is 0.349. The highest BCUT2D eigenvalue weighted by atomic mass is 32.2. The number of carbonyl (C=O) groups is 1. The fourth-order valence-corrected chi connectivity index (χ4v) is 3.95. The zero-order valence-electron chi connectivity index (χ0n) is 12.9. The molecule has 0 bridgehead atoms. The third-order valence-corrected chi connectivity index (χ3v) is 5.63. The minimum atomic E-state index is -4.65. The highest BCUT2D eigenvalue weighted by Crippen LogP contribution is 2.37. The van der Waals surface area contributed by atoms with Crippen LogP contribution < -0.4 is 0 Å². The summed E-state index contributed by atoms with van der Waals surface area (Å²) in [7, 11) is -1.70. The molecule has 1 aliphatic heterocycles. The van der Waals surface area contributed by atoms with Gasteiger partial charge < -0.3 is 4.74 Å². The molecule has 0 aromatic rings. The quantitative estimate of drug-likeness (QED) is 0.686. The van der Waals surface area contributed by atoms with Gasteiger partial charge in [-0.2, -0.15) is 13.2 Å². The van der Waals surface area contributed by atoms with Crippen molar-refractivity contribution in [2.75, 3.05) is 33.7 Å². The Hall–Kier alpha value is -0.870. The second-order valence-electron chi connectivity index (χ2n) is 5.75. The molecule has 1 heterocycles. The van der Waals surface area contributed by atoms with E-state index in [4.69, 9.17) is 4.74 Å². The molecule has 0 aromatic carbocycles. The monoisotopic (exact) mass is 346 g/mol. The Kier molecular flexibility index (Phi) is 5.85. The lowest BCUT2D eigenvalue weighted by molar-refractivity contribution is -0.170. The summed E-state index contributed by atoms with van der Waals surface area (Å²) in [6, 6.07) is 0. The molecule has 0 unspecified atom stereocenters. The van der Waals surface area contributed by atoms with E-state index >= 15 is 0 Å². The molecular weight excluding hydrogens is 325 g/mol. The molecule has 10 heteroatoms. The molecule has 130 valence electrons. The Morgan fingerprint density at radius 1 is 1.32 bits per heavy atom. The van der Waals surface area contributed by atoms with Gasteiger partial charge in [-0.1, -0.05) is 0 Å². The van der Waals surface area contributed by atoms with Crippen molar-refractivity contribution in [1.82, 2.24) is 9.21 Å². The number of rotatable bonds is 5. The van der Waals surface area contributed by atoms with Gasteiger partial charge in [-0.3, -0.25) is 9.69 Å². The fourth-order valence-electron chi connectivity index (χ4n) is 2.35. The molecule has 6 nitrogen and oxygen atoms in total. The molecule has 0 spiro atoms. The number of hydrogen-bond donors (Lipinski definition) is 0. The third kappa shape index (κ3) is 4.56. The van der Waals surface area contributed by atoms with Crippen molar-refractivity contribution in [2.24, 2.45) is 5.92 Å². The Morgan fingerprint density at radius 2 is 1.86 bits per heavy atom. The van der Waals surface area contributed by atoms with Crippen LogP contribution in [0.4, 0.5) is 13.2 Å². The highest BCUT2D eigenvalue weighted by Gasteiger charge is 2.55. The Bertz CT molecular complexity index is 505. The van der Waals surface area contributed by atoms with Gasteiger partial charge >= 0.3 is 12.1 Å². The minimum Gasteiger partial charge on any atom is -0.462 e. The first-order chi connectivity index (χ1) is 9.85. The fraction of sp³-hybridized carbons (Fsp3) is 0.917. The van der Waals surface area contributed by atoms with Gasteiger partial charge in [0.15, 0.2) is 0 Å². The number of likely N-dealkylation sites (tertiary alicyclic amines) is 1. The molecule has 2 atom stereocenters. The number of sulfonamides is 1. The Labute approximate surface area is 128 Å². The summed E-state index contributed by atoms with van der Waals surface area (Å²) in [6.45, 7) is 2.01. The van der Waals surface area contributed by atoms with Gasteiger partial charge in [0.05, 0.1) is 18.6 Å². The number of carbonyl (C=O) groups excluding carboxylic acids is 1. The number of alkyl halides is 3. The molecule has 1 saturated heterocycles. The van der Waals surface area contributed by atoms with Crippen LogP contribution in [0.1, 0.15) is 13.8 Å². The van der Waals surface area contributed by atoms with Crippen LogP contribution in [0.25, 0.3) is 0 Å². The highest BCUT2D eigenvalue weighted by molar-refractivity contribution is 7.89. The first kappa shape index (κ1) is 19.2.